The highest BCUT2D eigenvalue weighted by Gasteiger charge is 2.32. The molecule has 7 aromatic rings. The van der Waals surface area contributed by atoms with Gasteiger partial charge in [0.1, 0.15) is 22.9 Å². The molecule has 6 N–H and O–H groups in total. The number of aromatic nitrogens is 6. The summed E-state index contributed by atoms with van der Waals surface area (Å²) in [6, 6.07) is 20.7. The van der Waals surface area contributed by atoms with E-state index in [1.165, 1.54) is 22.3 Å². The molecule has 0 radical (unpaired) electrons. The molecule has 5 heterocycles. The standard InChI is InChI=1S/C17H19N3O.C17H21N3O.C13H14N4/c1-10-4-6-13(7-5-10)9-20-15(21)8-14-16(20)11(2)12(3)19-17(14)18;1-10-7-14(8-11(2)21)5-6-15(10)9-16-12(3)19-17(18)20-13(16)4;1-7-4-5-9-10(6-7)16-13(14)11-12(9)17(3)8(2)15-11/h4-7H,8-9H2,1-3H3,(H2,18,19);5-7H,8-9H2,1-4H3,(H2,18,19,20);4-6H,1-3H3,(H2,14,16). The Morgan fingerprint density at radius 2 is 1.37 bits per heavy atom. The number of carbonyl (C=O) groups excluding carboxylic acids is 2. The number of nitrogens with two attached hydrogens (primary N) is 3. The van der Waals surface area contributed by atoms with Crippen LogP contribution in [0, 0.1) is 55.4 Å². The summed E-state index contributed by atoms with van der Waals surface area (Å²) in [5, 5.41) is 1.10. The SMILES string of the molecule is CC(=O)Cc1ccc(Cc2c(C)nc(N)nc2C)c(C)c1.Cc1ccc(CN2C(=O)Cc3c(N)nc(C)c(C)c32)cc1.Cc1ccc2c(c1)nc(N)c1nc(C)n(C)c12. The van der Waals surface area contributed by atoms with E-state index in [2.05, 4.69) is 98.8 Å². The molecule has 12 heteroatoms. The van der Waals surface area contributed by atoms with Gasteiger partial charge in [-0.15, -0.1) is 0 Å². The first-order chi connectivity index (χ1) is 27.9. The lowest BCUT2D eigenvalue weighted by atomic mass is 9.96. The first-order valence-electron chi connectivity index (χ1n) is 19.7. The van der Waals surface area contributed by atoms with Crippen molar-refractivity contribution in [3.63, 3.8) is 0 Å². The number of ketones is 1. The number of amides is 1. The third kappa shape index (κ3) is 9.07. The fourth-order valence-corrected chi connectivity index (χ4v) is 7.59. The molecule has 0 saturated carbocycles. The van der Waals surface area contributed by atoms with Crippen molar-refractivity contribution in [3.8, 4) is 0 Å². The summed E-state index contributed by atoms with van der Waals surface area (Å²) < 4.78 is 2.06. The number of hydrogen-bond donors (Lipinski definition) is 3. The molecule has 0 bridgehead atoms. The molecule has 1 aliphatic rings. The van der Waals surface area contributed by atoms with E-state index in [4.69, 9.17) is 17.2 Å². The molecule has 8 rings (SSSR count). The minimum Gasteiger partial charge on any atom is -0.383 e. The number of nitrogen functional groups attached to an aromatic ring is 3. The molecule has 304 valence electrons. The van der Waals surface area contributed by atoms with Gasteiger partial charge in [-0.2, -0.15) is 0 Å². The zero-order valence-corrected chi connectivity index (χ0v) is 35.8. The minimum atomic E-state index is 0.0905. The second kappa shape index (κ2) is 17.0. The number of benzene rings is 3. The largest absolute Gasteiger partial charge is 0.383 e. The van der Waals surface area contributed by atoms with Gasteiger partial charge in [0, 0.05) is 47.9 Å². The van der Waals surface area contributed by atoms with Crippen molar-refractivity contribution in [1.82, 2.24) is 29.5 Å². The van der Waals surface area contributed by atoms with Gasteiger partial charge in [-0.25, -0.2) is 24.9 Å². The molecule has 12 nitrogen and oxygen atoms in total. The van der Waals surface area contributed by atoms with E-state index in [1.54, 1.807) is 6.92 Å². The van der Waals surface area contributed by atoms with E-state index in [1.807, 2.05) is 58.7 Å². The second-order valence-corrected chi connectivity index (χ2v) is 15.7. The summed E-state index contributed by atoms with van der Waals surface area (Å²) in [4.78, 5) is 47.1. The molecule has 0 saturated heterocycles. The average molecular weight is 791 g/mol. The molecular weight excluding hydrogens is 737 g/mol. The van der Waals surface area contributed by atoms with Gasteiger partial charge < -0.3 is 26.7 Å². The molecule has 1 amide bonds. The quantitative estimate of drug-likeness (QED) is 0.151. The molecule has 0 atom stereocenters. The number of nitrogens with zero attached hydrogens (tertiary/aromatic N) is 7. The summed E-state index contributed by atoms with van der Waals surface area (Å²) in [6.45, 7) is 18.2. The Labute approximate surface area is 345 Å². The Bertz CT molecular complexity index is 2730. The van der Waals surface area contributed by atoms with Crippen LogP contribution in [0.1, 0.15) is 79.9 Å². The van der Waals surface area contributed by atoms with Crippen LogP contribution >= 0.6 is 0 Å². The van der Waals surface area contributed by atoms with Crippen LogP contribution in [-0.2, 0) is 42.4 Å². The average Bonchev–Trinajstić information content (AvgIpc) is 3.66. The molecule has 0 unspecified atom stereocenters. The maximum atomic E-state index is 12.4. The predicted octanol–water partition coefficient (Wildman–Crippen LogP) is 7.71. The highest BCUT2D eigenvalue weighted by atomic mass is 16.2. The zero-order chi connectivity index (χ0) is 42.9. The number of fused-ring (bicyclic) bond motifs is 4. The number of anilines is 4. The summed E-state index contributed by atoms with van der Waals surface area (Å²) >= 11 is 0. The first-order valence-corrected chi connectivity index (χ1v) is 19.7. The van der Waals surface area contributed by atoms with Crippen LogP contribution in [-0.4, -0.2) is 41.2 Å². The smallest absolute Gasteiger partial charge is 0.231 e. The van der Waals surface area contributed by atoms with Gasteiger partial charge in [0.25, 0.3) is 0 Å². The van der Waals surface area contributed by atoms with Crippen LogP contribution in [0.3, 0.4) is 0 Å². The molecule has 59 heavy (non-hydrogen) atoms. The predicted molar refractivity (Wildman–Crippen MR) is 238 cm³/mol. The van der Waals surface area contributed by atoms with Crippen LogP contribution in [0.15, 0.2) is 60.7 Å². The topological polar surface area (TPSA) is 185 Å². The molecule has 1 aliphatic heterocycles. The summed E-state index contributed by atoms with van der Waals surface area (Å²) in [5.74, 6) is 2.52. The molecule has 0 fully saturated rings. The normalized spacial score (nSPS) is 12.0. The maximum absolute atomic E-state index is 12.4. The van der Waals surface area contributed by atoms with Gasteiger partial charge in [-0.05, 0) is 107 Å². The van der Waals surface area contributed by atoms with Crippen molar-refractivity contribution >= 4 is 56.9 Å². The lowest BCUT2D eigenvalue weighted by Crippen LogP contribution is -2.26. The van der Waals surface area contributed by atoms with Gasteiger partial charge in [0.2, 0.25) is 11.9 Å². The van der Waals surface area contributed by atoms with E-state index >= 15 is 0 Å². The van der Waals surface area contributed by atoms with Crippen molar-refractivity contribution < 1.29 is 9.59 Å². The van der Waals surface area contributed by atoms with E-state index in [0.717, 1.165) is 84.8 Å². The lowest BCUT2D eigenvalue weighted by Gasteiger charge is -2.21. The third-order valence-corrected chi connectivity index (χ3v) is 11.0. The van der Waals surface area contributed by atoms with Crippen molar-refractivity contribution in [2.45, 2.75) is 88.1 Å². The molecule has 3 aromatic carbocycles. The Kier molecular flexibility index (Phi) is 12.1. The second-order valence-electron chi connectivity index (χ2n) is 15.7. The lowest BCUT2D eigenvalue weighted by molar-refractivity contribution is -0.117. The fourth-order valence-electron chi connectivity index (χ4n) is 7.59. The molecule has 0 spiro atoms. The molecule has 4 aromatic heterocycles. The van der Waals surface area contributed by atoms with Gasteiger partial charge >= 0.3 is 0 Å². The number of carbonyl (C=O) groups is 2. The van der Waals surface area contributed by atoms with Gasteiger partial charge in [-0.1, -0.05) is 60.2 Å². The van der Waals surface area contributed by atoms with Crippen LogP contribution in [0.25, 0.3) is 21.9 Å². The number of aryl methyl sites for hydroxylation is 8. The Morgan fingerprint density at radius 1 is 0.729 bits per heavy atom. The van der Waals surface area contributed by atoms with Crippen LogP contribution in [0.2, 0.25) is 0 Å². The summed E-state index contributed by atoms with van der Waals surface area (Å²) in [6.07, 6.45) is 1.62. The first kappa shape index (κ1) is 41.9. The number of rotatable bonds is 6. The molecule has 0 aliphatic carbocycles. The van der Waals surface area contributed by atoms with Gasteiger partial charge in [0.05, 0.1) is 29.7 Å². The number of pyridine rings is 2. The fraction of sp³-hybridized carbons (Fsp3) is 0.298. The van der Waals surface area contributed by atoms with Crippen molar-refractivity contribution in [1.29, 1.82) is 0 Å². The zero-order valence-electron chi connectivity index (χ0n) is 35.8. The Morgan fingerprint density at radius 3 is 2.02 bits per heavy atom. The molecular formula is C47H54N10O2. The van der Waals surface area contributed by atoms with Gasteiger partial charge in [-0.3, -0.25) is 9.59 Å². The summed E-state index contributed by atoms with van der Waals surface area (Å²) in [5.41, 5.74) is 34.1. The van der Waals surface area contributed by atoms with E-state index in [-0.39, 0.29) is 11.7 Å². The maximum Gasteiger partial charge on any atom is 0.231 e. The Balaban J connectivity index is 0.000000150. The van der Waals surface area contributed by atoms with E-state index < -0.39 is 0 Å². The van der Waals surface area contributed by atoms with Crippen LogP contribution in [0.4, 0.5) is 23.3 Å². The summed E-state index contributed by atoms with van der Waals surface area (Å²) in [7, 11) is 2.00. The minimum absolute atomic E-state index is 0.0905. The monoisotopic (exact) mass is 790 g/mol. The van der Waals surface area contributed by atoms with E-state index in [9.17, 15) is 9.59 Å². The highest BCUT2D eigenvalue weighted by molar-refractivity contribution is 6.07. The Hall–Kier alpha value is -6.69. The van der Waals surface area contributed by atoms with Crippen LogP contribution in [0.5, 0.6) is 0 Å². The van der Waals surface area contributed by atoms with Crippen LogP contribution < -0.4 is 22.1 Å². The number of hydrogen-bond acceptors (Lipinski definition) is 10. The highest BCUT2D eigenvalue weighted by Crippen LogP contribution is 2.37. The number of imidazole rings is 1. The third-order valence-electron chi connectivity index (χ3n) is 11.0. The van der Waals surface area contributed by atoms with E-state index in [0.29, 0.717) is 37.0 Å². The van der Waals surface area contributed by atoms with Crippen molar-refractivity contribution in [2.75, 3.05) is 22.1 Å². The van der Waals surface area contributed by atoms with Crippen molar-refractivity contribution in [2.24, 2.45) is 7.05 Å². The van der Waals surface area contributed by atoms with Gasteiger partial charge in [0.15, 0.2) is 5.82 Å². The van der Waals surface area contributed by atoms with Crippen molar-refractivity contribution in [3.05, 3.63) is 134 Å². The number of Topliss-reactive ketones (excluding diaryl/α,β-unsaturated/α-hetero) is 1.